The molecule has 0 spiro atoms. The van der Waals surface area contributed by atoms with Gasteiger partial charge in [-0.15, -0.1) is 0 Å². The Labute approximate surface area is 115 Å². The Balaban J connectivity index is 5.09. The first-order valence-corrected chi connectivity index (χ1v) is 8.11. The maximum Gasteiger partial charge on any atom is 0.325 e. The second kappa shape index (κ2) is 6.88. The van der Waals surface area contributed by atoms with Crippen LogP contribution in [0.5, 0.6) is 0 Å². The van der Waals surface area contributed by atoms with E-state index in [9.17, 15) is 18.0 Å². The largest absolute Gasteiger partial charge is 0.465 e. The molecular weight excluding hydrogens is 270 g/mol. The van der Waals surface area contributed by atoms with Crippen molar-refractivity contribution in [3.8, 4) is 0 Å². The van der Waals surface area contributed by atoms with Crippen LogP contribution >= 0.6 is 0 Å². The molecule has 6 nitrogen and oxygen atoms in total. The lowest BCUT2D eigenvalue weighted by atomic mass is 10.1. The lowest BCUT2D eigenvalue weighted by Crippen LogP contribution is -2.51. The molecule has 0 unspecified atom stereocenters. The number of rotatable bonds is 7. The number of carbonyl (C=O) groups is 2. The highest BCUT2D eigenvalue weighted by atomic mass is 32.2. The fourth-order valence-electron chi connectivity index (χ4n) is 1.42. The van der Waals surface area contributed by atoms with E-state index in [-0.39, 0.29) is 13.2 Å². The van der Waals surface area contributed by atoms with Gasteiger partial charge in [-0.3, -0.25) is 9.59 Å². The van der Waals surface area contributed by atoms with Gasteiger partial charge in [0, 0.05) is 12.8 Å². The topological polar surface area (TPSA) is 80.8 Å². The number of esters is 1. The molecule has 0 aliphatic heterocycles. The van der Waals surface area contributed by atoms with Gasteiger partial charge in [0.1, 0.15) is 11.3 Å². The highest BCUT2D eigenvalue weighted by molar-refractivity contribution is 7.92. The van der Waals surface area contributed by atoms with Crippen LogP contribution in [0.4, 0.5) is 0 Å². The fourth-order valence-corrected chi connectivity index (χ4v) is 1.87. The molecule has 0 atom stereocenters. The van der Waals surface area contributed by atoms with E-state index >= 15 is 0 Å². The summed E-state index contributed by atoms with van der Waals surface area (Å²) < 4.78 is 26.5. The molecule has 112 valence electrons. The first-order valence-electron chi connectivity index (χ1n) is 6.22. The highest BCUT2D eigenvalue weighted by Gasteiger charge is 2.41. The Hall–Kier alpha value is -1.11. The van der Waals surface area contributed by atoms with E-state index in [0.29, 0.717) is 13.0 Å². The summed E-state index contributed by atoms with van der Waals surface area (Å²) in [7, 11) is -3.56. The maximum atomic E-state index is 12.3. The number of nitrogens with zero attached hydrogens (tertiary/aromatic N) is 1. The third-order valence-electron chi connectivity index (χ3n) is 2.85. The Bertz CT molecular complexity index is 427. The third-order valence-corrected chi connectivity index (χ3v) is 4.88. The molecule has 0 aliphatic carbocycles. The predicted molar refractivity (Wildman–Crippen MR) is 72.4 cm³/mol. The van der Waals surface area contributed by atoms with Gasteiger partial charge in [0.25, 0.3) is 0 Å². The lowest BCUT2D eigenvalue weighted by molar-refractivity contribution is -0.149. The molecule has 0 saturated heterocycles. The maximum absolute atomic E-state index is 12.3. The molecule has 0 aromatic heterocycles. The van der Waals surface area contributed by atoms with Crippen LogP contribution in [0.25, 0.3) is 0 Å². The Kier molecular flexibility index (Phi) is 6.48. The SMILES string of the molecule is CCCN(CC(=O)OCC)C(=O)C(C)(C)S(C)(=O)=O. The molecule has 0 radical (unpaired) electrons. The molecule has 7 heteroatoms. The molecule has 0 bridgehead atoms. The third kappa shape index (κ3) is 4.81. The summed E-state index contributed by atoms with van der Waals surface area (Å²) in [5, 5.41) is 0. The molecule has 0 aromatic carbocycles. The van der Waals surface area contributed by atoms with Gasteiger partial charge >= 0.3 is 5.97 Å². The number of hydrogen-bond donors (Lipinski definition) is 0. The summed E-state index contributed by atoms with van der Waals surface area (Å²) in [5.74, 6) is -1.11. The summed E-state index contributed by atoms with van der Waals surface area (Å²) in [6.45, 7) is 6.53. The van der Waals surface area contributed by atoms with Gasteiger partial charge in [0.2, 0.25) is 5.91 Å². The van der Waals surface area contributed by atoms with Crippen LogP contribution in [0.1, 0.15) is 34.1 Å². The molecule has 0 fully saturated rings. The summed E-state index contributed by atoms with van der Waals surface area (Å²) in [4.78, 5) is 25.0. The second-order valence-electron chi connectivity index (χ2n) is 4.81. The van der Waals surface area contributed by atoms with Gasteiger partial charge in [-0.25, -0.2) is 8.42 Å². The zero-order chi connectivity index (χ0) is 15.3. The Morgan fingerprint density at radius 2 is 1.74 bits per heavy atom. The smallest absolute Gasteiger partial charge is 0.325 e. The van der Waals surface area contributed by atoms with E-state index in [1.807, 2.05) is 6.92 Å². The molecular formula is C12H23NO5S. The normalized spacial score (nSPS) is 12.1. The minimum atomic E-state index is -3.56. The van der Waals surface area contributed by atoms with E-state index in [1.165, 1.54) is 18.7 Å². The van der Waals surface area contributed by atoms with Crippen LogP contribution < -0.4 is 0 Å². The number of carbonyl (C=O) groups excluding carboxylic acids is 2. The van der Waals surface area contributed by atoms with Crippen molar-refractivity contribution >= 4 is 21.7 Å². The van der Waals surface area contributed by atoms with Gasteiger partial charge in [-0.1, -0.05) is 6.92 Å². The van der Waals surface area contributed by atoms with Crippen LogP contribution in [0, 0.1) is 0 Å². The quantitative estimate of drug-likeness (QED) is 0.642. The predicted octanol–water partition coefficient (Wildman–Crippen LogP) is 0.611. The Morgan fingerprint density at radius 1 is 1.21 bits per heavy atom. The van der Waals surface area contributed by atoms with Crippen molar-refractivity contribution in [1.82, 2.24) is 4.90 Å². The average Bonchev–Trinajstić information content (AvgIpc) is 2.26. The number of hydrogen-bond acceptors (Lipinski definition) is 5. The Morgan fingerprint density at radius 3 is 2.11 bits per heavy atom. The van der Waals surface area contributed by atoms with Crippen molar-refractivity contribution in [3.05, 3.63) is 0 Å². The van der Waals surface area contributed by atoms with Crippen LogP contribution in [0.3, 0.4) is 0 Å². The van der Waals surface area contributed by atoms with Gasteiger partial charge in [0.05, 0.1) is 6.61 Å². The van der Waals surface area contributed by atoms with E-state index in [4.69, 9.17) is 4.74 Å². The van der Waals surface area contributed by atoms with E-state index in [1.54, 1.807) is 6.92 Å². The summed E-state index contributed by atoms with van der Waals surface area (Å²) in [5.41, 5.74) is 0. The first-order chi connectivity index (χ1) is 8.57. The monoisotopic (exact) mass is 293 g/mol. The van der Waals surface area contributed by atoms with Crippen molar-refractivity contribution < 1.29 is 22.7 Å². The van der Waals surface area contributed by atoms with E-state index in [0.717, 1.165) is 6.26 Å². The van der Waals surface area contributed by atoms with Crippen molar-refractivity contribution in [2.45, 2.75) is 38.9 Å². The van der Waals surface area contributed by atoms with Gasteiger partial charge in [0.15, 0.2) is 9.84 Å². The molecule has 19 heavy (non-hydrogen) atoms. The van der Waals surface area contributed by atoms with Crippen molar-refractivity contribution in [3.63, 3.8) is 0 Å². The standard InChI is InChI=1S/C12H23NO5S/c1-6-8-13(9-10(14)18-7-2)11(15)12(3,4)19(5,16)17/h6-9H2,1-5H3. The first kappa shape index (κ1) is 17.9. The van der Waals surface area contributed by atoms with Crippen LogP contribution in [-0.4, -0.2) is 55.9 Å². The molecule has 0 N–H and O–H groups in total. The number of ether oxygens (including phenoxy) is 1. The summed E-state index contributed by atoms with van der Waals surface area (Å²) >= 11 is 0. The van der Waals surface area contributed by atoms with E-state index < -0.39 is 26.5 Å². The number of amides is 1. The molecule has 0 aliphatic rings. The zero-order valence-corrected chi connectivity index (χ0v) is 13.0. The van der Waals surface area contributed by atoms with Crippen LogP contribution in [0.2, 0.25) is 0 Å². The molecule has 0 heterocycles. The van der Waals surface area contributed by atoms with Crippen molar-refractivity contribution in [2.24, 2.45) is 0 Å². The fraction of sp³-hybridized carbons (Fsp3) is 0.833. The molecule has 0 rings (SSSR count). The average molecular weight is 293 g/mol. The second-order valence-corrected chi connectivity index (χ2v) is 7.38. The lowest BCUT2D eigenvalue weighted by Gasteiger charge is -2.29. The van der Waals surface area contributed by atoms with Crippen molar-refractivity contribution in [2.75, 3.05) is 26.0 Å². The molecule has 0 saturated carbocycles. The number of sulfone groups is 1. The highest BCUT2D eigenvalue weighted by Crippen LogP contribution is 2.19. The molecule has 1 amide bonds. The van der Waals surface area contributed by atoms with Crippen LogP contribution in [-0.2, 0) is 24.2 Å². The van der Waals surface area contributed by atoms with Crippen LogP contribution in [0.15, 0.2) is 0 Å². The summed E-state index contributed by atoms with van der Waals surface area (Å²) in [6.07, 6.45) is 1.64. The minimum absolute atomic E-state index is 0.223. The van der Waals surface area contributed by atoms with E-state index in [2.05, 4.69) is 0 Å². The van der Waals surface area contributed by atoms with Gasteiger partial charge in [-0.2, -0.15) is 0 Å². The van der Waals surface area contributed by atoms with Gasteiger partial charge in [-0.05, 0) is 27.2 Å². The molecule has 0 aromatic rings. The zero-order valence-electron chi connectivity index (χ0n) is 12.2. The van der Waals surface area contributed by atoms with Gasteiger partial charge < -0.3 is 9.64 Å². The summed E-state index contributed by atoms with van der Waals surface area (Å²) in [6, 6.07) is 0. The minimum Gasteiger partial charge on any atom is -0.465 e. The van der Waals surface area contributed by atoms with Crippen molar-refractivity contribution in [1.29, 1.82) is 0 Å².